The molecule has 0 bridgehead atoms. The highest BCUT2D eigenvalue weighted by Gasteiger charge is 2.34. The van der Waals surface area contributed by atoms with Gasteiger partial charge in [0.25, 0.3) is 0 Å². The molecule has 0 radical (unpaired) electrons. The molecule has 2 atom stereocenters. The summed E-state index contributed by atoms with van der Waals surface area (Å²) in [6.45, 7) is 12.7. The van der Waals surface area contributed by atoms with E-state index in [1.54, 1.807) is 0 Å². The summed E-state index contributed by atoms with van der Waals surface area (Å²) < 4.78 is 0. The van der Waals surface area contributed by atoms with Gasteiger partial charge in [0.05, 0.1) is 0 Å². The quantitative estimate of drug-likeness (QED) is 0.769. The van der Waals surface area contributed by atoms with Crippen LogP contribution in [-0.2, 0) is 0 Å². The van der Waals surface area contributed by atoms with Gasteiger partial charge < -0.3 is 10.2 Å². The maximum absolute atomic E-state index is 3.57. The van der Waals surface area contributed by atoms with E-state index in [1.807, 2.05) is 0 Å². The molecule has 0 amide bonds. The molecule has 16 heavy (non-hydrogen) atoms. The molecule has 1 rings (SSSR count). The van der Waals surface area contributed by atoms with Gasteiger partial charge in [-0.25, -0.2) is 0 Å². The van der Waals surface area contributed by atoms with Crippen molar-refractivity contribution in [2.45, 2.75) is 51.7 Å². The predicted octanol–water partition coefficient (Wildman–Crippen LogP) is 1.40. The van der Waals surface area contributed by atoms with Crippen molar-refractivity contribution in [2.24, 2.45) is 0 Å². The van der Waals surface area contributed by atoms with E-state index in [1.165, 1.54) is 6.42 Å². The van der Waals surface area contributed by atoms with Crippen LogP contribution in [0.3, 0.4) is 0 Å². The molecule has 3 nitrogen and oxygen atoms in total. The Morgan fingerprint density at radius 1 is 1.31 bits per heavy atom. The normalized spacial score (nSPS) is 29.4. The second-order valence-corrected chi connectivity index (χ2v) is 6.34. The van der Waals surface area contributed by atoms with Crippen LogP contribution < -0.4 is 5.32 Å². The molecule has 0 spiro atoms. The van der Waals surface area contributed by atoms with Crippen molar-refractivity contribution in [3.05, 3.63) is 0 Å². The largest absolute Gasteiger partial charge is 0.315 e. The summed E-state index contributed by atoms with van der Waals surface area (Å²) in [6, 6.07) is 1.28. The Balaban J connectivity index is 2.81. The van der Waals surface area contributed by atoms with Crippen molar-refractivity contribution in [1.29, 1.82) is 0 Å². The zero-order chi connectivity index (χ0) is 12.3. The summed E-state index contributed by atoms with van der Waals surface area (Å²) in [5.41, 5.74) is 0.256. The molecule has 1 fully saturated rings. The van der Waals surface area contributed by atoms with Crippen LogP contribution in [0.15, 0.2) is 0 Å². The van der Waals surface area contributed by atoms with E-state index < -0.39 is 0 Å². The smallest absolute Gasteiger partial charge is 0.0355 e. The first-order chi connectivity index (χ1) is 7.32. The molecule has 0 aromatic heterocycles. The van der Waals surface area contributed by atoms with Gasteiger partial charge in [0.15, 0.2) is 0 Å². The lowest BCUT2D eigenvalue weighted by atomic mass is 9.98. The Bertz CT molecular complexity index is 208. The lowest BCUT2D eigenvalue weighted by Gasteiger charge is -2.45. The Hall–Kier alpha value is -0.120. The van der Waals surface area contributed by atoms with Gasteiger partial charge in [-0.15, -0.1) is 0 Å². The molecule has 0 aliphatic carbocycles. The van der Waals surface area contributed by atoms with Gasteiger partial charge in [0, 0.05) is 30.7 Å². The molecule has 1 aliphatic heterocycles. The van der Waals surface area contributed by atoms with Crippen LogP contribution in [0.5, 0.6) is 0 Å². The summed E-state index contributed by atoms with van der Waals surface area (Å²) in [5.74, 6) is 0. The molecule has 1 aliphatic rings. The molecule has 1 N–H and O–H groups in total. The zero-order valence-corrected chi connectivity index (χ0v) is 11.9. The molecule has 1 saturated heterocycles. The van der Waals surface area contributed by atoms with Crippen LogP contribution in [0.2, 0.25) is 0 Å². The molecule has 0 aromatic carbocycles. The van der Waals surface area contributed by atoms with E-state index in [9.17, 15) is 0 Å². The maximum atomic E-state index is 3.57. The van der Waals surface area contributed by atoms with Gasteiger partial charge in [0.1, 0.15) is 0 Å². The lowest BCUT2D eigenvalue weighted by molar-refractivity contribution is 0.0371. The van der Waals surface area contributed by atoms with Gasteiger partial charge in [-0.1, -0.05) is 0 Å². The van der Waals surface area contributed by atoms with Gasteiger partial charge in [0.2, 0.25) is 0 Å². The standard InChI is InChI=1S/C13H29N3/c1-11-7-8-14-9-12(10-15(5)6)16(11)13(2,3)4/h11-12,14H,7-10H2,1-6H3. The van der Waals surface area contributed by atoms with Crippen LogP contribution in [0.25, 0.3) is 0 Å². The van der Waals surface area contributed by atoms with Gasteiger partial charge in [-0.05, 0) is 54.8 Å². The number of nitrogens with one attached hydrogen (secondary N) is 1. The van der Waals surface area contributed by atoms with Crippen LogP contribution in [0.4, 0.5) is 0 Å². The highest BCUT2D eigenvalue weighted by molar-refractivity contribution is 4.91. The minimum Gasteiger partial charge on any atom is -0.315 e. The molecular weight excluding hydrogens is 198 g/mol. The fourth-order valence-electron chi connectivity index (χ4n) is 2.96. The van der Waals surface area contributed by atoms with Crippen molar-refractivity contribution in [3.8, 4) is 0 Å². The third kappa shape index (κ3) is 3.72. The summed E-state index contributed by atoms with van der Waals surface area (Å²) in [7, 11) is 4.33. The zero-order valence-electron chi connectivity index (χ0n) is 11.9. The van der Waals surface area contributed by atoms with E-state index in [0.29, 0.717) is 12.1 Å². The molecule has 2 unspecified atom stereocenters. The number of rotatable bonds is 2. The topological polar surface area (TPSA) is 18.5 Å². The monoisotopic (exact) mass is 227 g/mol. The summed E-state index contributed by atoms with van der Waals surface area (Å²) >= 11 is 0. The Morgan fingerprint density at radius 3 is 2.44 bits per heavy atom. The average Bonchev–Trinajstić information content (AvgIpc) is 2.24. The minimum absolute atomic E-state index is 0.256. The summed E-state index contributed by atoms with van der Waals surface area (Å²) in [5, 5.41) is 3.57. The van der Waals surface area contributed by atoms with Crippen molar-refractivity contribution in [2.75, 3.05) is 33.7 Å². The van der Waals surface area contributed by atoms with Crippen molar-refractivity contribution in [1.82, 2.24) is 15.1 Å². The van der Waals surface area contributed by atoms with Crippen molar-refractivity contribution < 1.29 is 0 Å². The van der Waals surface area contributed by atoms with Crippen LogP contribution in [0.1, 0.15) is 34.1 Å². The van der Waals surface area contributed by atoms with Crippen LogP contribution in [0, 0.1) is 0 Å². The first-order valence-electron chi connectivity index (χ1n) is 6.46. The molecule has 0 aromatic rings. The fraction of sp³-hybridized carbons (Fsp3) is 1.00. The second kappa shape index (κ2) is 5.48. The van der Waals surface area contributed by atoms with Crippen LogP contribution >= 0.6 is 0 Å². The molecule has 1 heterocycles. The second-order valence-electron chi connectivity index (χ2n) is 6.34. The van der Waals surface area contributed by atoms with Gasteiger partial charge >= 0.3 is 0 Å². The van der Waals surface area contributed by atoms with Crippen LogP contribution in [-0.4, -0.2) is 61.2 Å². The van der Waals surface area contributed by atoms with E-state index in [2.05, 4.69) is 56.9 Å². The number of hydrogen-bond acceptors (Lipinski definition) is 3. The SMILES string of the molecule is CC1CCNCC(CN(C)C)N1C(C)(C)C. The van der Waals surface area contributed by atoms with Crippen molar-refractivity contribution >= 4 is 0 Å². The molecule has 3 heteroatoms. The highest BCUT2D eigenvalue weighted by atomic mass is 15.3. The molecule has 96 valence electrons. The fourth-order valence-corrected chi connectivity index (χ4v) is 2.96. The first kappa shape index (κ1) is 13.9. The third-order valence-corrected chi connectivity index (χ3v) is 3.34. The third-order valence-electron chi connectivity index (χ3n) is 3.34. The van der Waals surface area contributed by atoms with Gasteiger partial charge in [-0.3, -0.25) is 4.90 Å². The number of hydrogen-bond donors (Lipinski definition) is 1. The van der Waals surface area contributed by atoms with E-state index >= 15 is 0 Å². The lowest BCUT2D eigenvalue weighted by Crippen LogP contribution is -2.56. The summed E-state index contributed by atoms with van der Waals surface area (Å²) in [6.07, 6.45) is 1.25. The van der Waals surface area contributed by atoms with E-state index in [0.717, 1.165) is 19.6 Å². The van der Waals surface area contributed by atoms with Gasteiger partial charge in [-0.2, -0.15) is 0 Å². The first-order valence-corrected chi connectivity index (χ1v) is 6.46. The highest BCUT2D eigenvalue weighted by Crippen LogP contribution is 2.23. The molecular formula is C13H29N3. The Morgan fingerprint density at radius 2 is 1.94 bits per heavy atom. The van der Waals surface area contributed by atoms with E-state index in [-0.39, 0.29) is 5.54 Å². The predicted molar refractivity (Wildman–Crippen MR) is 70.9 cm³/mol. The minimum atomic E-state index is 0.256. The number of nitrogens with zero attached hydrogens (tertiary/aromatic N) is 2. The summed E-state index contributed by atoms with van der Waals surface area (Å²) in [4.78, 5) is 4.98. The number of likely N-dealkylation sites (N-methyl/N-ethyl adjacent to an activating group) is 1. The average molecular weight is 227 g/mol. The maximum Gasteiger partial charge on any atom is 0.0355 e. The Kier molecular flexibility index (Phi) is 4.77. The van der Waals surface area contributed by atoms with Crippen molar-refractivity contribution in [3.63, 3.8) is 0 Å². The Labute approximate surface area is 101 Å². The van der Waals surface area contributed by atoms with E-state index in [4.69, 9.17) is 0 Å². The molecule has 0 saturated carbocycles.